The molecule has 0 aromatic rings. The van der Waals surface area contributed by atoms with E-state index in [1.54, 1.807) is 0 Å². The minimum atomic E-state index is -2.18. The van der Waals surface area contributed by atoms with Crippen LogP contribution in [0.2, 0.25) is 0 Å². The Morgan fingerprint density at radius 3 is 2.56 bits per heavy atom. The highest BCUT2D eigenvalue weighted by Crippen LogP contribution is 2.03. The van der Waals surface area contributed by atoms with Crippen molar-refractivity contribution in [3.8, 4) is 0 Å². The normalized spacial score (nSPS) is 28.8. The van der Waals surface area contributed by atoms with Crippen LogP contribution in [0.25, 0.3) is 0 Å². The summed E-state index contributed by atoms with van der Waals surface area (Å²) in [6.45, 7) is 1.62. The molecule has 3 nitrogen and oxygen atoms in total. The van der Waals surface area contributed by atoms with Gasteiger partial charge in [0.2, 0.25) is 0 Å². The first-order valence-electron chi connectivity index (χ1n) is 3.15. The standard InChI is InChI=1S/C5H11NO2S/c7-9(8)5-2-1-3-6-4-5/h5-6,9H,1-4H2. The van der Waals surface area contributed by atoms with Crippen molar-refractivity contribution < 1.29 is 8.42 Å². The maximum atomic E-state index is 10.4. The van der Waals surface area contributed by atoms with E-state index in [4.69, 9.17) is 0 Å². The molecule has 1 heterocycles. The molecule has 0 amide bonds. The fraction of sp³-hybridized carbons (Fsp3) is 1.00. The third-order valence-corrected chi connectivity index (χ3v) is 2.61. The van der Waals surface area contributed by atoms with Crippen LogP contribution in [0.3, 0.4) is 0 Å². The van der Waals surface area contributed by atoms with Crippen LogP contribution in [0.4, 0.5) is 0 Å². The molecule has 9 heavy (non-hydrogen) atoms. The monoisotopic (exact) mass is 149 g/mol. The largest absolute Gasteiger partial charge is 0.315 e. The molecule has 1 N–H and O–H groups in total. The highest BCUT2D eigenvalue weighted by atomic mass is 32.2. The van der Waals surface area contributed by atoms with E-state index in [-0.39, 0.29) is 5.25 Å². The molecule has 1 rings (SSSR count). The van der Waals surface area contributed by atoms with Gasteiger partial charge in [0.1, 0.15) is 10.7 Å². The molecule has 4 heteroatoms. The van der Waals surface area contributed by atoms with Crippen LogP contribution in [-0.4, -0.2) is 26.8 Å². The number of hydrogen-bond acceptors (Lipinski definition) is 3. The third-order valence-electron chi connectivity index (χ3n) is 1.57. The molecule has 1 aliphatic heterocycles. The van der Waals surface area contributed by atoms with E-state index < -0.39 is 10.7 Å². The molecule has 1 unspecified atom stereocenters. The van der Waals surface area contributed by atoms with Crippen LogP contribution < -0.4 is 5.32 Å². The molecule has 0 aliphatic carbocycles. The summed E-state index contributed by atoms with van der Waals surface area (Å²) in [5, 5.41) is 2.93. The van der Waals surface area contributed by atoms with E-state index in [1.807, 2.05) is 0 Å². The van der Waals surface area contributed by atoms with E-state index in [9.17, 15) is 8.42 Å². The van der Waals surface area contributed by atoms with Gasteiger partial charge in [-0.1, -0.05) is 0 Å². The second-order valence-corrected chi connectivity index (χ2v) is 3.59. The van der Waals surface area contributed by atoms with Crippen molar-refractivity contribution in [3.63, 3.8) is 0 Å². The Hall–Kier alpha value is -0.0900. The lowest BCUT2D eigenvalue weighted by Crippen LogP contribution is -2.34. The van der Waals surface area contributed by atoms with Gasteiger partial charge in [-0.25, -0.2) is 8.42 Å². The minimum Gasteiger partial charge on any atom is -0.315 e. The van der Waals surface area contributed by atoms with Crippen LogP contribution >= 0.6 is 0 Å². The van der Waals surface area contributed by atoms with E-state index in [0.717, 1.165) is 19.4 Å². The SMILES string of the molecule is O=[SH](=O)C1CCCNC1. The molecular weight excluding hydrogens is 138 g/mol. The van der Waals surface area contributed by atoms with E-state index in [2.05, 4.69) is 5.32 Å². The number of thiol groups is 1. The molecule has 1 fully saturated rings. The van der Waals surface area contributed by atoms with Crippen molar-refractivity contribution in [1.82, 2.24) is 5.32 Å². The average molecular weight is 149 g/mol. The van der Waals surface area contributed by atoms with Crippen LogP contribution in [0.1, 0.15) is 12.8 Å². The summed E-state index contributed by atoms with van der Waals surface area (Å²) in [4.78, 5) is 0. The lowest BCUT2D eigenvalue weighted by atomic mass is 10.2. The van der Waals surface area contributed by atoms with Gasteiger partial charge in [0.05, 0.1) is 5.25 Å². The quantitative estimate of drug-likeness (QED) is 0.487. The lowest BCUT2D eigenvalue weighted by molar-refractivity contribution is 0.506. The highest BCUT2D eigenvalue weighted by Gasteiger charge is 2.14. The number of piperidine rings is 1. The molecule has 0 saturated carbocycles. The first-order chi connectivity index (χ1) is 4.30. The summed E-state index contributed by atoms with van der Waals surface area (Å²) in [7, 11) is -2.18. The minimum absolute atomic E-state index is 0.103. The van der Waals surface area contributed by atoms with Crippen molar-refractivity contribution in [3.05, 3.63) is 0 Å². The molecule has 54 valence electrons. The Balaban J connectivity index is 2.40. The van der Waals surface area contributed by atoms with Gasteiger partial charge in [-0.2, -0.15) is 0 Å². The third kappa shape index (κ3) is 1.95. The van der Waals surface area contributed by atoms with Gasteiger partial charge in [0.25, 0.3) is 0 Å². The Kier molecular flexibility index (Phi) is 2.48. The summed E-state index contributed by atoms with van der Waals surface area (Å²) in [6, 6.07) is 0. The summed E-state index contributed by atoms with van der Waals surface area (Å²) in [5.74, 6) is 0. The Bertz CT molecular complexity index is 141. The average Bonchev–Trinajstić information content (AvgIpc) is 1.90. The molecule has 0 aromatic heterocycles. The zero-order valence-electron chi connectivity index (χ0n) is 5.17. The predicted octanol–water partition coefficient (Wildman–Crippen LogP) is -0.650. The molecule has 0 bridgehead atoms. The molecule has 1 saturated heterocycles. The van der Waals surface area contributed by atoms with Gasteiger partial charge in [0.15, 0.2) is 0 Å². The number of hydrogen-bond donors (Lipinski definition) is 2. The smallest absolute Gasteiger partial charge is 0.144 e. The van der Waals surface area contributed by atoms with Crippen molar-refractivity contribution in [2.24, 2.45) is 0 Å². The Labute approximate surface area is 56.4 Å². The summed E-state index contributed by atoms with van der Waals surface area (Å²) >= 11 is 0. The zero-order chi connectivity index (χ0) is 6.69. The maximum Gasteiger partial charge on any atom is 0.144 e. The number of nitrogens with one attached hydrogen (secondary N) is 1. The summed E-state index contributed by atoms with van der Waals surface area (Å²) in [6.07, 6.45) is 1.83. The van der Waals surface area contributed by atoms with Crippen LogP contribution in [0.15, 0.2) is 0 Å². The molecule has 0 radical (unpaired) electrons. The molecule has 1 atom stereocenters. The van der Waals surface area contributed by atoms with Gasteiger partial charge < -0.3 is 5.32 Å². The zero-order valence-corrected chi connectivity index (χ0v) is 6.06. The van der Waals surface area contributed by atoms with Gasteiger partial charge in [-0.15, -0.1) is 0 Å². The predicted molar refractivity (Wildman–Crippen MR) is 36.2 cm³/mol. The van der Waals surface area contributed by atoms with Crippen LogP contribution in [0, 0.1) is 0 Å². The van der Waals surface area contributed by atoms with Crippen molar-refractivity contribution in [1.29, 1.82) is 0 Å². The second kappa shape index (κ2) is 3.17. The van der Waals surface area contributed by atoms with E-state index in [1.165, 1.54) is 0 Å². The van der Waals surface area contributed by atoms with Crippen molar-refractivity contribution >= 4 is 10.7 Å². The summed E-state index contributed by atoms with van der Waals surface area (Å²) < 4.78 is 20.7. The summed E-state index contributed by atoms with van der Waals surface area (Å²) in [5.41, 5.74) is 0. The topological polar surface area (TPSA) is 46.2 Å². The fourth-order valence-electron chi connectivity index (χ4n) is 1.01. The number of rotatable bonds is 1. The molecule has 0 aromatic carbocycles. The second-order valence-electron chi connectivity index (χ2n) is 2.29. The van der Waals surface area contributed by atoms with Crippen molar-refractivity contribution in [2.75, 3.05) is 13.1 Å². The lowest BCUT2D eigenvalue weighted by Gasteiger charge is -2.16. The van der Waals surface area contributed by atoms with Crippen LogP contribution in [-0.2, 0) is 10.7 Å². The van der Waals surface area contributed by atoms with Gasteiger partial charge in [0, 0.05) is 6.54 Å². The van der Waals surface area contributed by atoms with E-state index >= 15 is 0 Å². The molecule has 0 spiro atoms. The Morgan fingerprint density at radius 2 is 2.22 bits per heavy atom. The van der Waals surface area contributed by atoms with E-state index in [0.29, 0.717) is 6.54 Å². The van der Waals surface area contributed by atoms with Crippen LogP contribution in [0.5, 0.6) is 0 Å². The first kappa shape index (κ1) is 7.02. The fourth-order valence-corrected chi connectivity index (χ4v) is 1.68. The first-order valence-corrected chi connectivity index (χ1v) is 4.39. The molecular formula is C5H11NO2S. The maximum absolute atomic E-state index is 10.4. The molecule has 1 aliphatic rings. The highest BCUT2D eigenvalue weighted by molar-refractivity contribution is 7.73. The Morgan fingerprint density at radius 1 is 1.44 bits per heavy atom. The van der Waals surface area contributed by atoms with Gasteiger partial charge in [-0.3, -0.25) is 0 Å². The van der Waals surface area contributed by atoms with Gasteiger partial charge >= 0.3 is 0 Å². The van der Waals surface area contributed by atoms with Crippen molar-refractivity contribution in [2.45, 2.75) is 18.1 Å². The van der Waals surface area contributed by atoms with Gasteiger partial charge in [-0.05, 0) is 19.4 Å².